The lowest BCUT2D eigenvalue weighted by atomic mass is 10.0. The maximum atomic E-state index is 12.8. The number of esters is 1. The zero-order chi connectivity index (χ0) is 40.0. The van der Waals surface area contributed by atoms with Gasteiger partial charge in [-0.2, -0.15) is 0 Å². The summed E-state index contributed by atoms with van der Waals surface area (Å²) in [5.41, 5.74) is 0. The molecule has 0 aliphatic rings. The van der Waals surface area contributed by atoms with Crippen LogP contribution in [0.25, 0.3) is 0 Å². The van der Waals surface area contributed by atoms with Crippen molar-refractivity contribution in [3.05, 3.63) is 0 Å². The Bertz CT molecular complexity index is 899. The monoisotopic (exact) mass is 789 g/mol. The summed E-state index contributed by atoms with van der Waals surface area (Å²) >= 11 is 0. The summed E-state index contributed by atoms with van der Waals surface area (Å²) in [5.74, 6) is -0.528. The van der Waals surface area contributed by atoms with Gasteiger partial charge in [-0.3, -0.25) is 14.2 Å². The van der Waals surface area contributed by atoms with Crippen molar-refractivity contribution >= 4 is 19.7 Å². The van der Waals surface area contributed by atoms with Crippen LogP contribution in [0.1, 0.15) is 219 Å². The molecule has 0 aromatic rings. The first kappa shape index (κ1) is 53.0. The van der Waals surface area contributed by atoms with Crippen molar-refractivity contribution in [2.24, 2.45) is 0 Å². The first-order valence-corrected chi connectivity index (χ1v) is 24.3. The molecule has 1 N–H and O–H groups in total. The van der Waals surface area contributed by atoms with Gasteiger partial charge in [0.15, 0.2) is 0 Å². The molecule has 0 aromatic heterocycles. The van der Waals surface area contributed by atoms with E-state index >= 15 is 0 Å². The number of nitrogens with one attached hydrogen (secondary N) is 1. The number of unbranched alkanes of at least 4 members (excludes halogenated alkanes) is 28. The van der Waals surface area contributed by atoms with Gasteiger partial charge in [0.1, 0.15) is 19.8 Å². The summed E-state index contributed by atoms with van der Waals surface area (Å²) in [5, 5.41) is 2.84. The Labute approximate surface area is 334 Å². The van der Waals surface area contributed by atoms with Crippen LogP contribution in [-0.4, -0.2) is 69.9 Å². The number of carbonyl (C=O) groups excluding carboxylic acids is 2. The number of phosphoric acid groups is 1. The van der Waals surface area contributed by atoms with Crippen molar-refractivity contribution in [3.8, 4) is 0 Å². The Balaban J connectivity index is 4.30. The lowest BCUT2D eigenvalue weighted by Crippen LogP contribution is -2.42. The van der Waals surface area contributed by atoms with Crippen molar-refractivity contribution in [1.29, 1.82) is 0 Å². The third kappa shape index (κ3) is 40.7. The normalized spacial score (nSPS) is 13.5. The van der Waals surface area contributed by atoms with E-state index in [1.807, 2.05) is 21.1 Å². The number of amides is 1. The smallest absolute Gasteiger partial charge is 0.305 e. The summed E-state index contributed by atoms with van der Waals surface area (Å²) in [4.78, 5) is 37.7. The molecule has 1 unspecified atom stereocenters. The van der Waals surface area contributed by atoms with Crippen LogP contribution >= 0.6 is 7.82 Å². The van der Waals surface area contributed by atoms with Crippen LogP contribution in [0.15, 0.2) is 0 Å². The van der Waals surface area contributed by atoms with Crippen molar-refractivity contribution < 1.29 is 37.3 Å². The highest BCUT2D eigenvalue weighted by Crippen LogP contribution is 2.38. The predicted molar refractivity (Wildman–Crippen MR) is 224 cm³/mol. The quantitative estimate of drug-likeness (QED) is 0.0283. The van der Waals surface area contributed by atoms with E-state index in [0.717, 1.165) is 38.5 Å². The Hall–Kier alpha value is -0.990. The average Bonchev–Trinajstić information content (AvgIpc) is 3.12. The number of carbonyl (C=O) groups is 2. The summed E-state index contributed by atoms with van der Waals surface area (Å²) in [7, 11) is 1.25. The Morgan fingerprint density at radius 2 is 0.889 bits per heavy atom. The van der Waals surface area contributed by atoms with Crippen molar-refractivity contribution in [1.82, 2.24) is 5.32 Å². The van der Waals surface area contributed by atoms with Crippen LogP contribution in [0.4, 0.5) is 0 Å². The van der Waals surface area contributed by atoms with Gasteiger partial charge in [0.05, 0.1) is 33.8 Å². The van der Waals surface area contributed by atoms with E-state index in [9.17, 15) is 19.0 Å². The van der Waals surface area contributed by atoms with Gasteiger partial charge >= 0.3 is 5.97 Å². The fourth-order valence-corrected chi connectivity index (χ4v) is 7.38. The molecule has 0 aromatic carbocycles. The first-order valence-electron chi connectivity index (χ1n) is 22.8. The lowest BCUT2D eigenvalue weighted by Gasteiger charge is -2.28. The second-order valence-electron chi connectivity index (χ2n) is 16.9. The van der Waals surface area contributed by atoms with E-state index in [2.05, 4.69) is 19.2 Å². The molecular weight excluding hydrogens is 699 g/mol. The van der Waals surface area contributed by atoms with Crippen LogP contribution in [-0.2, 0) is 27.9 Å². The number of likely N-dealkylation sites (N-methyl/N-ethyl adjacent to an activating group) is 1. The molecule has 0 bridgehead atoms. The standard InChI is InChI=1S/C44H89N2O7P/c1-6-8-10-12-14-16-18-20-22-24-26-28-30-32-34-36-43(47)45-42(41-53-54(49,50)52-39-38-46(3,4)5)40-51-44(48)37-35-33-31-29-27-25-23-21-19-17-15-13-11-9-7-2/h42H,6-41H2,1-5H3,(H-,45,47,49,50)/t42-/m1/s1. The SMILES string of the molecule is CCCCCCCCCCCCCCCCCC(=O)N[C@H](COC(=O)CCCCCCCCCCCCCCCCC)COP(=O)([O-])OCC[N+](C)(C)C. The summed E-state index contributed by atoms with van der Waals surface area (Å²) < 4.78 is 28.6. The zero-order valence-electron chi connectivity index (χ0n) is 36.3. The maximum Gasteiger partial charge on any atom is 0.305 e. The molecule has 0 aliphatic heterocycles. The predicted octanol–water partition coefficient (Wildman–Crippen LogP) is 11.7. The van der Waals surface area contributed by atoms with Gasteiger partial charge in [-0.15, -0.1) is 0 Å². The molecule has 322 valence electrons. The van der Waals surface area contributed by atoms with Gasteiger partial charge in [0, 0.05) is 12.8 Å². The van der Waals surface area contributed by atoms with Gasteiger partial charge in [0.25, 0.3) is 7.82 Å². The van der Waals surface area contributed by atoms with E-state index in [-0.39, 0.29) is 31.7 Å². The number of hydrogen-bond donors (Lipinski definition) is 1. The molecule has 0 spiro atoms. The molecule has 0 heterocycles. The minimum Gasteiger partial charge on any atom is -0.756 e. The molecule has 0 fully saturated rings. The number of ether oxygens (including phenoxy) is 1. The van der Waals surface area contributed by atoms with Crippen molar-refractivity contribution in [3.63, 3.8) is 0 Å². The molecular formula is C44H89N2O7P. The Morgan fingerprint density at radius 3 is 1.26 bits per heavy atom. The first-order chi connectivity index (χ1) is 26.0. The topological polar surface area (TPSA) is 114 Å². The molecule has 1 amide bonds. The number of phosphoric ester groups is 1. The van der Waals surface area contributed by atoms with Gasteiger partial charge in [0.2, 0.25) is 5.91 Å². The van der Waals surface area contributed by atoms with E-state index in [4.69, 9.17) is 13.8 Å². The van der Waals surface area contributed by atoms with Crippen molar-refractivity contribution in [2.45, 2.75) is 225 Å². The zero-order valence-corrected chi connectivity index (χ0v) is 37.2. The van der Waals surface area contributed by atoms with Crippen molar-refractivity contribution in [2.75, 3.05) is 47.5 Å². The molecule has 10 heteroatoms. The second kappa shape index (κ2) is 37.6. The van der Waals surface area contributed by atoms with Crippen LogP contribution in [0.2, 0.25) is 0 Å². The molecule has 54 heavy (non-hydrogen) atoms. The highest BCUT2D eigenvalue weighted by molar-refractivity contribution is 7.45. The maximum absolute atomic E-state index is 12.8. The second-order valence-corrected chi connectivity index (χ2v) is 18.3. The third-order valence-electron chi connectivity index (χ3n) is 10.2. The molecule has 0 saturated heterocycles. The average molecular weight is 789 g/mol. The molecule has 2 atom stereocenters. The number of rotatable bonds is 42. The minimum atomic E-state index is -4.58. The van der Waals surface area contributed by atoms with Gasteiger partial charge < -0.3 is 28.5 Å². The van der Waals surface area contributed by atoms with E-state index in [1.54, 1.807) is 0 Å². The minimum absolute atomic E-state index is 0.00522. The highest BCUT2D eigenvalue weighted by Gasteiger charge is 2.20. The summed E-state index contributed by atoms with van der Waals surface area (Å²) in [6, 6.07) is -0.775. The van der Waals surface area contributed by atoms with Gasteiger partial charge in [-0.05, 0) is 12.8 Å². The molecule has 0 saturated carbocycles. The fraction of sp³-hybridized carbons (Fsp3) is 0.955. The summed E-state index contributed by atoms with van der Waals surface area (Å²) in [6.45, 7) is 4.53. The van der Waals surface area contributed by atoms with Crippen LogP contribution in [0.5, 0.6) is 0 Å². The Morgan fingerprint density at radius 1 is 0.537 bits per heavy atom. The van der Waals surface area contributed by atoms with Gasteiger partial charge in [-0.1, -0.05) is 194 Å². The third-order valence-corrected chi connectivity index (χ3v) is 11.2. The van der Waals surface area contributed by atoms with Gasteiger partial charge in [-0.25, -0.2) is 0 Å². The lowest BCUT2D eigenvalue weighted by molar-refractivity contribution is -0.870. The fourth-order valence-electron chi connectivity index (χ4n) is 6.64. The van der Waals surface area contributed by atoms with E-state index in [1.165, 1.54) is 154 Å². The van der Waals surface area contributed by atoms with E-state index in [0.29, 0.717) is 23.9 Å². The highest BCUT2D eigenvalue weighted by atomic mass is 31.2. The molecule has 9 nitrogen and oxygen atoms in total. The molecule has 0 aliphatic carbocycles. The van der Waals surface area contributed by atoms with Crippen LogP contribution < -0.4 is 10.2 Å². The number of quaternary nitrogens is 1. The molecule has 0 rings (SSSR count). The van der Waals surface area contributed by atoms with Crippen LogP contribution in [0.3, 0.4) is 0 Å². The van der Waals surface area contributed by atoms with Crippen LogP contribution in [0, 0.1) is 0 Å². The van der Waals surface area contributed by atoms with E-state index < -0.39 is 13.9 Å². The Kier molecular flexibility index (Phi) is 36.9. The largest absolute Gasteiger partial charge is 0.756 e. The molecule has 0 radical (unpaired) electrons. The number of hydrogen-bond acceptors (Lipinski definition) is 7. The number of nitrogens with zero attached hydrogens (tertiary/aromatic N) is 1. The summed E-state index contributed by atoms with van der Waals surface area (Å²) in [6.07, 6.45) is 38.4.